The van der Waals surface area contributed by atoms with Gasteiger partial charge in [-0.05, 0) is 27.7 Å². The lowest BCUT2D eigenvalue weighted by Gasteiger charge is -2.20. The highest BCUT2D eigenvalue weighted by Gasteiger charge is 2.16. The Balaban J connectivity index is 2.30. The second-order valence-corrected chi connectivity index (χ2v) is 5.31. The summed E-state index contributed by atoms with van der Waals surface area (Å²) in [4.78, 5) is 11.5. The number of nitrogens with zero attached hydrogens (tertiary/aromatic N) is 3. The van der Waals surface area contributed by atoms with Crippen LogP contribution in [0.1, 0.15) is 46.0 Å². The van der Waals surface area contributed by atoms with Crippen LogP contribution in [0.25, 0.3) is 0 Å². The van der Waals surface area contributed by atoms with Crippen LogP contribution in [0.3, 0.4) is 0 Å². The highest BCUT2D eigenvalue weighted by molar-refractivity contribution is 5.70. The highest BCUT2D eigenvalue weighted by atomic mass is 16.6. The minimum Gasteiger partial charge on any atom is -0.460 e. The number of hydrogen-bond donors (Lipinski definition) is 1. The molecule has 1 unspecified atom stereocenters. The van der Waals surface area contributed by atoms with Gasteiger partial charge in [0.1, 0.15) is 17.8 Å². The molecule has 1 aromatic heterocycles. The topological polar surface area (TPSA) is 69.0 Å². The van der Waals surface area contributed by atoms with E-state index in [9.17, 15) is 4.79 Å². The molecule has 0 fully saturated rings. The molecule has 1 heterocycles. The van der Waals surface area contributed by atoms with Crippen molar-refractivity contribution in [2.75, 3.05) is 6.54 Å². The van der Waals surface area contributed by atoms with Crippen LogP contribution in [0.2, 0.25) is 0 Å². The fraction of sp³-hybridized carbons (Fsp3) is 0.750. The summed E-state index contributed by atoms with van der Waals surface area (Å²) < 4.78 is 7.07. The molecule has 102 valence electrons. The summed E-state index contributed by atoms with van der Waals surface area (Å²) in [6.07, 6.45) is 2.00. The number of carbonyl (C=O) groups is 1. The van der Waals surface area contributed by atoms with E-state index in [1.54, 1.807) is 6.33 Å². The van der Waals surface area contributed by atoms with E-state index >= 15 is 0 Å². The highest BCUT2D eigenvalue weighted by Crippen LogP contribution is 2.09. The Morgan fingerprint density at radius 2 is 2.22 bits per heavy atom. The van der Waals surface area contributed by atoms with Crippen LogP contribution in [0.4, 0.5) is 0 Å². The number of rotatable bonds is 5. The van der Waals surface area contributed by atoms with E-state index in [1.165, 1.54) is 0 Å². The quantitative estimate of drug-likeness (QED) is 0.799. The summed E-state index contributed by atoms with van der Waals surface area (Å²) in [5, 5.41) is 11.0. The zero-order chi connectivity index (χ0) is 13.8. The van der Waals surface area contributed by atoms with E-state index in [1.807, 2.05) is 39.3 Å². The Morgan fingerprint density at radius 3 is 2.72 bits per heavy atom. The molecule has 0 aliphatic carbocycles. The fourth-order valence-corrected chi connectivity index (χ4v) is 1.56. The number of carbonyl (C=O) groups excluding carboxylic acids is 1. The predicted molar refractivity (Wildman–Crippen MR) is 67.9 cm³/mol. The lowest BCUT2D eigenvalue weighted by Crippen LogP contribution is -2.28. The first-order chi connectivity index (χ1) is 8.29. The molecule has 1 atom stereocenters. The van der Waals surface area contributed by atoms with Crippen molar-refractivity contribution in [3.8, 4) is 0 Å². The van der Waals surface area contributed by atoms with Crippen LogP contribution in [0, 0.1) is 0 Å². The van der Waals surface area contributed by atoms with Crippen molar-refractivity contribution in [2.24, 2.45) is 7.05 Å². The molecule has 0 aliphatic heterocycles. The van der Waals surface area contributed by atoms with Gasteiger partial charge in [0.15, 0.2) is 0 Å². The van der Waals surface area contributed by atoms with Crippen LogP contribution in [0.15, 0.2) is 6.33 Å². The largest absolute Gasteiger partial charge is 0.460 e. The van der Waals surface area contributed by atoms with Crippen molar-refractivity contribution >= 4 is 5.97 Å². The zero-order valence-electron chi connectivity index (χ0n) is 11.7. The maximum Gasteiger partial charge on any atom is 0.307 e. The summed E-state index contributed by atoms with van der Waals surface area (Å²) in [7, 11) is 1.89. The van der Waals surface area contributed by atoms with Gasteiger partial charge in [-0.3, -0.25) is 4.79 Å². The first kappa shape index (κ1) is 14.6. The summed E-state index contributed by atoms with van der Waals surface area (Å²) in [5.74, 6) is 0.652. The van der Waals surface area contributed by atoms with Crippen molar-refractivity contribution in [3.63, 3.8) is 0 Å². The molecule has 0 aliphatic rings. The number of ether oxygens (including phenoxy) is 1. The maximum atomic E-state index is 11.5. The molecular weight excluding hydrogens is 232 g/mol. The van der Waals surface area contributed by atoms with Crippen LogP contribution < -0.4 is 5.32 Å². The van der Waals surface area contributed by atoms with Gasteiger partial charge in [-0.2, -0.15) is 0 Å². The third kappa shape index (κ3) is 4.83. The van der Waals surface area contributed by atoms with Crippen LogP contribution in [0.5, 0.6) is 0 Å². The van der Waals surface area contributed by atoms with E-state index in [0.29, 0.717) is 13.0 Å². The molecule has 0 spiro atoms. The standard InChI is InChI=1S/C12H22N4O2/c1-9(11-15-14-8-16(11)5)13-7-6-10(17)18-12(2,3)4/h8-9,13H,6-7H2,1-5H3. The van der Waals surface area contributed by atoms with Crippen LogP contribution >= 0.6 is 0 Å². The Kier molecular flexibility index (Phi) is 4.84. The van der Waals surface area contributed by atoms with Gasteiger partial charge in [0.25, 0.3) is 0 Å². The Hall–Kier alpha value is -1.43. The molecule has 1 N–H and O–H groups in total. The third-order valence-electron chi connectivity index (χ3n) is 2.33. The molecule has 0 bridgehead atoms. The molecular formula is C12H22N4O2. The van der Waals surface area contributed by atoms with Crippen LogP contribution in [-0.4, -0.2) is 32.9 Å². The second-order valence-electron chi connectivity index (χ2n) is 5.31. The van der Waals surface area contributed by atoms with Gasteiger partial charge in [-0.15, -0.1) is 10.2 Å². The second kappa shape index (κ2) is 5.95. The van der Waals surface area contributed by atoms with E-state index in [0.717, 1.165) is 5.82 Å². The lowest BCUT2D eigenvalue weighted by molar-refractivity contribution is -0.154. The van der Waals surface area contributed by atoms with Crippen molar-refractivity contribution in [2.45, 2.75) is 45.8 Å². The first-order valence-corrected chi connectivity index (χ1v) is 6.09. The zero-order valence-corrected chi connectivity index (χ0v) is 11.7. The van der Waals surface area contributed by atoms with E-state index in [2.05, 4.69) is 15.5 Å². The number of aromatic nitrogens is 3. The van der Waals surface area contributed by atoms with Crippen LogP contribution in [-0.2, 0) is 16.6 Å². The van der Waals surface area contributed by atoms with Crippen molar-refractivity contribution in [1.82, 2.24) is 20.1 Å². The fourth-order valence-electron chi connectivity index (χ4n) is 1.56. The smallest absolute Gasteiger partial charge is 0.307 e. The van der Waals surface area contributed by atoms with Gasteiger partial charge in [0.05, 0.1) is 12.5 Å². The van der Waals surface area contributed by atoms with Gasteiger partial charge in [-0.1, -0.05) is 0 Å². The summed E-state index contributed by atoms with van der Waals surface area (Å²) >= 11 is 0. The van der Waals surface area contributed by atoms with Crippen molar-refractivity contribution < 1.29 is 9.53 Å². The van der Waals surface area contributed by atoms with Gasteiger partial charge in [0, 0.05) is 13.6 Å². The summed E-state index contributed by atoms with van der Waals surface area (Å²) in [5.41, 5.74) is -0.424. The van der Waals surface area contributed by atoms with E-state index in [-0.39, 0.29) is 12.0 Å². The first-order valence-electron chi connectivity index (χ1n) is 6.09. The SMILES string of the molecule is CC(NCCC(=O)OC(C)(C)C)c1nncn1C. The number of esters is 1. The van der Waals surface area contributed by atoms with Crippen molar-refractivity contribution in [1.29, 1.82) is 0 Å². The Morgan fingerprint density at radius 1 is 1.56 bits per heavy atom. The number of aryl methyl sites for hydroxylation is 1. The normalized spacial score (nSPS) is 13.4. The minimum absolute atomic E-state index is 0.0555. The average molecular weight is 254 g/mol. The number of nitrogens with one attached hydrogen (secondary N) is 1. The number of hydrogen-bond acceptors (Lipinski definition) is 5. The van der Waals surface area contributed by atoms with Gasteiger partial charge >= 0.3 is 5.97 Å². The molecule has 0 radical (unpaired) electrons. The molecule has 6 heteroatoms. The predicted octanol–water partition coefficient (Wildman–Crippen LogP) is 1.20. The lowest BCUT2D eigenvalue weighted by atomic mass is 10.2. The molecule has 0 saturated heterocycles. The Bertz CT molecular complexity index is 395. The van der Waals surface area contributed by atoms with Gasteiger partial charge < -0.3 is 14.6 Å². The summed E-state index contributed by atoms with van der Waals surface area (Å²) in [6.45, 7) is 8.13. The summed E-state index contributed by atoms with van der Waals surface area (Å²) in [6, 6.07) is 0.0555. The molecule has 6 nitrogen and oxygen atoms in total. The minimum atomic E-state index is -0.424. The van der Waals surface area contributed by atoms with Crippen molar-refractivity contribution in [3.05, 3.63) is 12.2 Å². The van der Waals surface area contributed by atoms with Gasteiger partial charge in [0.2, 0.25) is 0 Å². The molecule has 1 aromatic rings. The molecule has 1 rings (SSSR count). The molecule has 0 saturated carbocycles. The van der Waals surface area contributed by atoms with E-state index in [4.69, 9.17) is 4.74 Å². The third-order valence-corrected chi connectivity index (χ3v) is 2.33. The Labute approximate surface area is 108 Å². The van der Waals surface area contributed by atoms with E-state index < -0.39 is 5.60 Å². The average Bonchev–Trinajstić information content (AvgIpc) is 2.61. The monoisotopic (exact) mass is 254 g/mol. The maximum absolute atomic E-state index is 11.5. The molecule has 0 amide bonds. The van der Waals surface area contributed by atoms with Gasteiger partial charge in [-0.25, -0.2) is 0 Å². The molecule has 18 heavy (non-hydrogen) atoms. The molecule has 0 aromatic carbocycles.